The lowest BCUT2D eigenvalue weighted by Crippen LogP contribution is -2.27. The molecule has 0 fully saturated rings. The molecule has 4 aromatic rings. The first-order valence-electron chi connectivity index (χ1n) is 11.2. The van der Waals surface area contributed by atoms with Crippen molar-refractivity contribution in [3.8, 4) is 5.69 Å². The minimum absolute atomic E-state index is 0.00361. The Kier molecular flexibility index (Phi) is 7.09. The highest BCUT2D eigenvalue weighted by molar-refractivity contribution is 7.89. The molecule has 0 aliphatic carbocycles. The van der Waals surface area contributed by atoms with Gasteiger partial charge in [-0.1, -0.05) is 61.5 Å². The van der Waals surface area contributed by atoms with E-state index in [9.17, 15) is 13.2 Å². The topological polar surface area (TPSA) is 111 Å². The van der Waals surface area contributed by atoms with E-state index < -0.39 is 10.0 Å². The summed E-state index contributed by atoms with van der Waals surface area (Å²) in [6, 6.07) is 23.9. The van der Waals surface area contributed by atoms with E-state index in [-0.39, 0.29) is 16.6 Å². The number of aryl methyl sites for hydroxylation is 1. The molecule has 0 saturated carbocycles. The Morgan fingerprint density at radius 1 is 0.914 bits per heavy atom. The standard InChI is InChI=1S/C26H27N5O3S/c1-3-19-9-11-21(12-10-19)18-30(2)26(32)25-28-24(17-20-7-5-4-6-8-20)31(29-25)22-13-15-23(16-14-22)35(27,33)34/h4-16H,3,17-18H2,1-2H3,(H2,27,33,34). The molecule has 0 unspecified atom stereocenters. The van der Waals surface area contributed by atoms with Gasteiger partial charge in [0.15, 0.2) is 0 Å². The van der Waals surface area contributed by atoms with Crippen LogP contribution >= 0.6 is 0 Å². The third kappa shape index (κ3) is 5.82. The largest absolute Gasteiger partial charge is 0.335 e. The zero-order chi connectivity index (χ0) is 25.0. The Labute approximate surface area is 205 Å². The third-order valence-electron chi connectivity index (χ3n) is 5.68. The van der Waals surface area contributed by atoms with Gasteiger partial charge >= 0.3 is 0 Å². The summed E-state index contributed by atoms with van der Waals surface area (Å²) in [6.45, 7) is 2.52. The van der Waals surface area contributed by atoms with Crippen molar-refractivity contribution in [1.29, 1.82) is 0 Å². The van der Waals surface area contributed by atoms with E-state index in [2.05, 4.69) is 29.1 Å². The fourth-order valence-corrected chi connectivity index (χ4v) is 4.22. The van der Waals surface area contributed by atoms with Crippen LogP contribution < -0.4 is 5.14 Å². The number of nitrogens with two attached hydrogens (primary N) is 1. The highest BCUT2D eigenvalue weighted by Crippen LogP contribution is 2.18. The van der Waals surface area contributed by atoms with Crippen LogP contribution in [0.25, 0.3) is 5.69 Å². The average Bonchev–Trinajstić information content (AvgIpc) is 3.27. The van der Waals surface area contributed by atoms with Crippen molar-refractivity contribution in [1.82, 2.24) is 19.7 Å². The molecule has 0 spiro atoms. The van der Waals surface area contributed by atoms with Crippen molar-refractivity contribution in [2.24, 2.45) is 5.14 Å². The van der Waals surface area contributed by atoms with E-state index in [0.29, 0.717) is 24.5 Å². The molecule has 0 aliphatic rings. The van der Waals surface area contributed by atoms with Gasteiger partial charge in [-0.25, -0.2) is 23.2 Å². The van der Waals surface area contributed by atoms with Gasteiger partial charge in [0, 0.05) is 20.0 Å². The maximum Gasteiger partial charge on any atom is 0.293 e. The summed E-state index contributed by atoms with van der Waals surface area (Å²) in [4.78, 5) is 19.3. The summed E-state index contributed by atoms with van der Waals surface area (Å²) in [5.41, 5.74) is 3.83. The molecule has 0 radical (unpaired) electrons. The molecule has 4 rings (SSSR count). The van der Waals surface area contributed by atoms with E-state index in [1.807, 2.05) is 42.5 Å². The second-order valence-electron chi connectivity index (χ2n) is 8.30. The van der Waals surface area contributed by atoms with E-state index in [1.54, 1.807) is 28.8 Å². The molecule has 1 amide bonds. The molecule has 0 atom stereocenters. The van der Waals surface area contributed by atoms with Crippen molar-refractivity contribution in [2.45, 2.75) is 31.2 Å². The second-order valence-corrected chi connectivity index (χ2v) is 9.86. The molecule has 180 valence electrons. The number of benzene rings is 3. The molecule has 1 aromatic heterocycles. The lowest BCUT2D eigenvalue weighted by atomic mass is 10.1. The molecule has 0 bridgehead atoms. The Bertz CT molecular complexity index is 1410. The minimum Gasteiger partial charge on any atom is -0.335 e. The van der Waals surface area contributed by atoms with Gasteiger partial charge in [0.1, 0.15) is 5.82 Å². The minimum atomic E-state index is -3.82. The van der Waals surface area contributed by atoms with Gasteiger partial charge in [-0.15, -0.1) is 5.10 Å². The number of primary sulfonamides is 1. The molecular weight excluding hydrogens is 462 g/mol. The maximum absolute atomic E-state index is 13.2. The van der Waals surface area contributed by atoms with Crippen molar-refractivity contribution in [3.05, 3.63) is 107 Å². The smallest absolute Gasteiger partial charge is 0.293 e. The van der Waals surface area contributed by atoms with Crippen LogP contribution in [0.3, 0.4) is 0 Å². The van der Waals surface area contributed by atoms with Crippen LogP contribution in [0, 0.1) is 0 Å². The summed E-state index contributed by atoms with van der Waals surface area (Å²) in [5.74, 6) is 0.321. The number of carbonyl (C=O) groups excluding carboxylic acids is 1. The van der Waals surface area contributed by atoms with E-state index in [1.165, 1.54) is 17.7 Å². The van der Waals surface area contributed by atoms with E-state index in [4.69, 9.17) is 5.14 Å². The zero-order valence-electron chi connectivity index (χ0n) is 19.6. The van der Waals surface area contributed by atoms with Crippen LogP contribution in [0.1, 0.15) is 40.1 Å². The first kappa shape index (κ1) is 24.3. The Morgan fingerprint density at radius 3 is 2.14 bits per heavy atom. The Balaban J connectivity index is 1.64. The number of rotatable bonds is 8. The average molecular weight is 490 g/mol. The SMILES string of the molecule is CCc1ccc(CN(C)C(=O)c2nc(Cc3ccccc3)n(-c3ccc(S(N)(=O)=O)cc3)n2)cc1. The summed E-state index contributed by atoms with van der Waals surface area (Å²) in [6.07, 6.45) is 1.40. The first-order chi connectivity index (χ1) is 16.7. The number of amides is 1. The normalized spacial score (nSPS) is 11.4. The highest BCUT2D eigenvalue weighted by atomic mass is 32.2. The molecule has 3 aromatic carbocycles. The van der Waals surface area contributed by atoms with Gasteiger partial charge in [0.25, 0.3) is 5.91 Å². The summed E-state index contributed by atoms with van der Waals surface area (Å²) < 4.78 is 24.8. The molecule has 8 nitrogen and oxygen atoms in total. The fourth-order valence-electron chi connectivity index (χ4n) is 3.71. The predicted octanol–water partition coefficient (Wildman–Crippen LogP) is 3.34. The lowest BCUT2D eigenvalue weighted by molar-refractivity contribution is 0.0773. The maximum atomic E-state index is 13.2. The van der Waals surface area contributed by atoms with Crippen LogP contribution in [-0.2, 0) is 29.4 Å². The lowest BCUT2D eigenvalue weighted by Gasteiger charge is -2.15. The Morgan fingerprint density at radius 2 is 1.54 bits per heavy atom. The number of sulfonamides is 1. The van der Waals surface area contributed by atoms with E-state index in [0.717, 1.165) is 17.5 Å². The number of aromatic nitrogens is 3. The quantitative estimate of drug-likeness (QED) is 0.408. The van der Waals surface area contributed by atoms with E-state index >= 15 is 0 Å². The summed E-state index contributed by atoms with van der Waals surface area (Å²) >= 11 is 0. The van der Waals surface area contributed by atoms with Gasteiger partial charge in [-0.3, -0.25) is 4.79 Å². The molecule has 9 heteroatoms. The van der Waals surface area contributed by atoms with Gasteiger partial charge in [-0.05, 0) is 47.4 Å². The molecule has 2 N–H and O–H groups in total. The Hall–Kier alpha value is -3.82. The molecule has 0 aliphatic heterocycles. The third-order valence-corrected chi connectivity index (χ3v) is 6.61. The van der Waals surface area contributed by atoms with Gasteiger partial charge in [-0.2, -0.15) is 0 Å². The number of hydrogen-bond donors (Lipinski definition) is 1. The molecule has 1 heterocycles. The van der Waals surface area contributed by atoms with Crippen molar-refractivity contribution in [3.63, 3.8) is 0 Å². The second kappa shape index (κ2) is 10.2. The molecule has 35 heavy (non-hydrogen) atoms. The first-order valence-corrected chi connectivity index (χ1v) is 12.8. The number of hydrogen-bond acceptors (Lipinski definition) is 5. The fraction of sp³-hybridized carbons (Fsp3) is 0.192. The van der Waals surface area contributed by atoms with Crippen LogP contribution in [0.15, 0.2) is 83.8 Å². The van der Waals surface area contributed by atoms with Crippen molar-refractivity contribution >= 4 is 15.9 Å². The number of nitrogens with zero attached hydrogens (tertiary/aromatic N) is 4. The van der Waals surface area contributed by atoms with Gasteiger partial charge < -0.3 is 4.90 Å². The summed E-state index contributed by atoms with van der Waals surface area (Å²) in [5, 5.41) is 9.71. The van der Waals surface area contributed by atoms with Crippen LogP contribution in [0.5, 0.6) is 0 Å². The van der Waals surface area contributed by atoms with Gasteiger partial charge in [0.05, 0.1) is 10.6 Å². The van der Waals surface area contributed by atoms with Crippen LogP contribution in [0.4, 0.5) is 0 Å². The van der Waals surface area contributed by atoms with Crippen LogP contribution in [0.2, 0.25) is 0 Å². The summed E-state index contributed by atoms with van der Waals surface area (Å²) in [7, 11) is -2.10. The van der Waals surface area contributed by atoms with Crippen LogP contribution in [-0.4, -0.2) is 41.0 Å². The van der Waals surface area contributed by atoms with Gasteiger partial charge in [0.2, 0.25) is 15.8 Å². The zero-order valence-corrected chi connectivity index (χ0v) is 20.4. The highest BCUT2D eigenvalue weighted by Gasteiger charge is 2.21. The predicted molar refractivity (Wildman–Crippen MR) is 134 cm³/mol. The number of carbonyl (C=O) groups is 1. The van der Waals surface area contributed by atoms with Crippen molar-refractivity contribution in [2.75, 3.05) is 7.05 Å². The monoisotopic (exact) mass is 489 g/mol. The van der Waals surface area contributed by atoms with Crippen molar-refractivity contribution < 1.29 is 13.2 Å². The molecular formula is C26H27N5O3S. The molecule has 0 saturated heterocycles.